The molecule has 0 radical (unpaired) electrons. The van der Waals surface area contributed by atoms with Crippen molar-refractivity contribution in [1.29, 1.82) is 0 Å². The molecular formula is C25H34N5O2+. The molecule has 4 rings (SSSR count). The lowest BCUT2D eigenvalue weighted by Crippen LogP contribution is -2.59. The Labute approximate surface area is 190 Å². The first-order valence-electron chi connectivity index (χ1n) is 11.5. The molecular weight excluding hydrogens is 402 g/mol. The Balaban J connectivity index is 1.32. The van der Waals surface area contributed by atoms with Gasteiger partial charge in [0.25, 0.3) is 0 Å². The van der Waals surface area contributed by atoms with E-state index in [-0.39, 0.29) is 6.54 Å². The van der Waals surface area contributed by atoms with Crippen LogP contribution >= 0.6 is 0 Å². The van der Waals surface area contributed by atoms with E-state index in [1.807, 2.05) is 30.3 Å². The zero-order chi connectivity index (χ0) is 22.4. The Bertz CT molecular complexity index is 900. The number of piperidine rings is 1. The fourth-order valence-electron chi connectivity index (χ4n) is 5.30. The summed E-state index contributed by atoms with van der Waals surface area (Å²) in [5.41, 5.74) is 3.47. The predicted octanol–water partition coefficient (Wildman–Crippen LogP) is 2.37. The van der Waals surface area contributed by atoms with E-state index in [9.17, 15) is 9.90 Å². The van der Waals surface area contributed by atoms with Crippen LogP contribution in [0.15, 0.2) is 59.7 Å². The third-order valence-electron chi connectivity index (χ3n) is 7.02. The van der Waals surface area contributed by atoms with Gasteiger partial charge in [0.2, 0.25) is 0 Å². The summed E-state index contributed by atoms with van der Waals surface area (Å²) in [6.07, 6.45) is 3.78. The van der Waals surface area contributed by atoms with Gasteiger partial charge in [-0.15, -0.1) is 0 Å². The third-order valence-corrected chi connectivity index (χ3v) is 7.02. The smallest absolute Gasteiger partial charge is 0.359 e. The molecule has 0 saturated carbocycles. The normalized spacial score (nSPS) is 24.6. The second-order valence-electron chi connectivity index (χ2n) is 9.11. The SMILES string of the molecule is NN=Cc1ccc(N2CCN(C3CC[N+](CC(=O)O)(Cc4ccccc4)CC3)CC2)cc1. The first kappa shape index (κ1) is 22.3. The van der Waals surface area contributed by atoms with Crippen molar-refractivity contribution in [3.05, 3.63) is 65.7 Å². The number of anilines is 1. The fraction of sp³-hybridized carbons (Fsp3) is 0.440. The molecule has 0 aromatic heterocycles. The van der Waals surface area contributed by atoms with Gasteiger partial charge in [-0.25, -0.2) is 4.79 Å². The van der Waals surface area contributed by atoms with E-state index in [2.05, 4.69) is 39.2 Å². The van der Waals surface area contributed by atoms with Crippen LogP contribution in [-0.4, -0.2) is 78.5 Å². The summed E-state index contributed by atoms with van der Waals surface area (Å²) >= 11 is 0. The van der Waals surface area contributed by atoms with Gasteiger partial charge in [0.1, 0.15) is 6.54 Å². The Morgan fingerprint density at radius 2 is 1.69 bits per heavy atom. The molecule has 2 saturated heterocycles. The molecule has 2 aromatic carbocycles. The number of carboxylic acids is 1. The van der Waals surface area contributed by atoms with Crippen LogP contribution in [0.3, 0.4) is 0 Å². The average molecular weight is 437 g/mol. The maximum absolute atomic E-state index is 11.6. The van der Waals surface area contributed by atoms with E-state index in [1.165, 1.54) is 11.3 Å². The topological polar surface area (TPSA) is 82.2 Å². The van der Waals surface area contributed by atoms with Crippen LogP contribution < -0.4 is 10.7 Å². The Hall–Kier alpha value is -2.90. The Kier molecular flexibility index (Phi) is 7.07. The Morgan fingerprint density at radius 3 is 2.28 bits per heavy atom. The molecule has 3 N–H and O–H groups in total. The number of quaternary nitrogens is 1. The summed E-state index contributed by atoms with van der Waals surface area (Å²) in [5, 5.41) is 13.1. The molecule has 0 unspecified atom stereocenters. The molecule has 2 aromatic rings. The highest BCUT2D eigenvalue weighted by Gasteiger charge is 2.38. The number of hydrazone groups is 1. The predicted molar refractivity (Wildman–Crippen MR) is 128 cm³/mol. The van der Waals surface area contributed by atoms with Crippen molar-refractivity contribution in [2.45, 2.75) is 25.4 Å². The highest BCUT2D eigenvalue weighted by molar-refractivity contribution is 5.80. The van der Waals surface area contributed by atoms with E-state index in [0.717, 1.165) is 64.2 Å². The summed E-state index contributed by atoms with van der Waals surface area (Å²) in [6.45, 7) is 6.99. The van der Waals surface area contributed by atoms with Crippen molar-refractivity contribution >= 4 is 17.9 Å². The quantitative estimate of drug-likeness (QED) is 0.301. The molecule has 7 nitrogen and oxygen atoms in total. The number of carboxylic acid groups (broad SMARTS) is 1. The summed E-state index contributed by atoms with van der Waals surface area (Å²) in [4.78, 5) is 16.7. The number of hydrogen-bond acceptors (Lipinski definition) is 5. The van der Waals surface area contributed by atoms with Crippen LogP contribution in [0.25, 0.3) is 0 Å². The highest BCUT2D eigenvalue weighted by atomic mass is 16.4. The van der Waals surface area contributed by atoms with Crippen molar-refractivity contribution < 1.29 is 14.4 Å². The van der Waals surface area contributed by atoms with Crippen molar-refractivity contribution in [3.63, 3.8) is 0 Å². The number of rotatable bonds is 7. The number of piperazine rings is 1. The van der Waals surface area contributed by atoms with E-state index < -0.39 is 5.97 Å². The van der Waals surface area contributed by atoms with Crippen LogP contribution in [0.2, 0.25) is 0 Å². The summed E-state index contributed by atoms with van der Waals surface area (Å²) < 4.78 is 0.661. The molecule has 2 aliphatic rings. The first-order valence-corrected chi connectivity index (χ1v) is 11.5. The Morgan fingerprint density at radius 1 is 1.03 bits per heavy atom. The number of benzene rings is 2. The third kappa shape index (κ3) is 5.47. The fourth-order valence-corrected chi connectivity index (χ4v) is 5.30. The second kappa shape index (κ2) is 10.1. The van der Waals surface area contributed by atoms with Crippen LogP contribution in [0.4, 0.5) is 5.69 Å². The molecule has 0 spiro atoms. The number of carbonyl (C=O) groups is 1. The van der Waals surface area contributed by atoms with Crippen molar-refractivity contribution in [2.24, 2.45) is 10.9 Å². The standard InChI is InChI=1S/C25H33N5O2/c26-27-18-21-6-8-23(9-7-21)28-12-14-29(15-13-28)24-10-16-30(17-11-24,20-25(31)32)19-22-4-2-1-3-5-22/h1-9,18,24H,10-17,19-20,26H2/p+1. The van der Waals surface area contributed by atoms with Crippen LogP contribution in [0.1, 0.15) is 24.0 Å². The minimum atomic E-state index is -0.697. The molecule has 0 aliphatic carbocycles. The van der Waals surface area contributed by atoms with Gasteiger partial charge in [-0.1, -0.05) is 42.5 Å². The van der Waals surface area contributed by atoms with Gasteiger partial charge in [0.05, 0.1) is 19.3 Å². The van der Waals surface area contributed by atoms with E-state index in [4.69, 9.17) is 5.84 Å². The van der Waals surface area contributed by atoms with Crippen molar-refractivity contribution in [2.75, 3.05) is 50.7 Å². The average Bonchev–Trinajstić information content (AvgIpc) is 2.81. The molecule has 2 fully saturated rings. The maximum atomic E-state index is 11.6. The molecule has 2 aliphatic heterocycles. The van der Waals surface area contributed by atoms with Crippen LogP contribution in [0, 0.1) is 0 Å². The lowest BCUT2D eigenvalue weighted by Gasteiger charge is -2.47. The van der Waals surface area contributed by atoms with E-state index in [0.29, 0.717) is 10.5 Å². The lowest BCUT2D eigenvalue weighted by molar-refractivity contribution is -0.939. The summed E-state index contributed by atoms with van der Waals surface area (Å²) in [5.74, 6) is 4.53. The van der Waals surface area contributed by atoms with Crippen LogP contribution in [0.5, 0.6) is 0 Å². The number of aliphatic carboxylic acids is 1. The summed E-state index contributed by atoms with van der Waals surface area (Å²) in [6, 6.07) is 19.2. The number of nitrogens with zero attached hydrogens (tertiary/aromatic N) is 4. The van der Waals surface area contributed by atoms with E-state index >= 15 is 0 Å². The molecule has 7 heteroatoms. The van der Waals surface area contributed by atoms with Gasteiger partial charge >= 0.3 is 5.97 Å². The van der Waals surface area contributed by atoms with Gasteiger partial charge in [-0.3, -0.25) is 4.90 Å². The molecule has 0 atom stereocenters. The van der Waals surface area contributed by atoms with Crippen LogP contribution in [-0.2, 0) is 11.3 Å². The number of hydrogen-bond donors (Lipinski definition) is 2. The minimum Gasteiger partial charge on any atom is -0.477 e. The highest BCUT2D eigenvalue weighted by Crippen LogP contribution is 2.27. The second-order valence-corrected chi connectivity index (χ2v) is 9.11. The van der Waals surface area contributed by atoms with Gasteiger partial charge < -0.3 is 20.3 Å². The lowest BCUT2D eigenvalue weighted by atomic mass is 9.98. The number of nitrogens with two attached hydrogens (primary N) is 1. The monoisotopic (exact) mass is 436 g/mol. The first-order chi connectivity index (χ1) is 15.6. The number of likely N-dealkylation sites (tertiary alicyclic amines) is 1. The zero-order valence-corrected chi connectivity index (χ0v) is 18.6. The minimum absolute atomic E-state index is 0.209. The molecule has 170 valence electrons. The summed E-state index contributed by atoms with van der Waals surface area (Å²) in [7, 11) is 0. The maximum Gasteiger partial charge on any atom is 0.359 e. The zero-order valence-electron chi connectivity index (χ0n) is 18.6. The molecule has 0 amide bonds. The van der Waals surface area contributed by atoms with E-state index in [1.54, 1.807) is 6.21 Å². The van der Waals surface area contributed by atoms with Gasteiger partial charge in [-0.2, -0.15) is 5.10 Å². The van der Waals surface area contributed by atoms with Crippen molar-refractivity contribution in [3.8, 4) is 0 Å². The van der Waals surface area contributed by atoms with Gasteiger partial charge in [0, 0.05) is 56.3 Å². The largest absolute Gasteiger partial charge is 0.477 e. The molecule has 2 heterocycles. The van der Waals surface area contributed by atoms with Crippen molar-refractivity contribution in [1.82, 2.24) is 4.90 Å². The molecule has 0 bridgehead atoms. The van der Waals surface area contributed by atoms with Gasteiger partial charge in [-0.05, 0) is 17.7 Å². The molecule has 32 heavy (non-hydrogen) atoms. The van der Waals surface area contributed by atoms with Gasteiger partial charge in [0.15, 0.2) is 6.54 Å².